The van der Waals surface area contributed by atoms with Crippen molar-refractivity contribution < 1.29 is 4.79 Å². The Morgan fingerprint density at radius 3 is 2.95 bits per heavy atom. The van der Waals surface area contributed by atoms with Gasteiger partial charge in [0.05, 0.1) is 0 Å². The van der Waals surface area contributed by atoms with Crippen LogP contribution in [0.25, 0.3) is 0 Å². The number of hydrogen-bond acceptors (Lipinski definition) is 5. The molecule has 19 heavy (non-hydrogen) atoms. The first-order chi connectivity index (χ1) is 9.08. The first kappa shape index (κ1) is 13.9. The molecule has 0 saturated carbocycles. The van der Waals surface area contributed by atoms with E-state index in [2.05, 4.69) is 22.5 Å². The summed E-state index contributed by atoms with van der Waals surface area (Å²) in [7, 11) is 3.77. The maximum absolute atomic E-state index is 12.1. The van der Waals surface area contributed by atoms with Gasteiger partial charge in [-0.25, -0.2) is 4.98 Å². The van der Waals surface area contributed by atoms with Crippen molar-refractivity contribution >= 4 is 28.2 Å². The summed E-state index contributed by atoms with van der Waals surface area (Å²) in [6.45, 7) is 0.706. The van der Waals surface area contributed by atoms with Gasteiger partial charge < -0.3 is 16.0 Å². The van der Waals surface area contributed by atoms with Gasteiger partial charge in [-0.1, -0.05) is 23.5 Å². The summed E-state index contributed by atoms with van der Waals surface area (Å²) in [5, 5.41) is 3.71. The van der Waals surface area contributed by atoms with Crippen molar-refractivity contribution in [3.63, 3.8) is 0 Å². The summed E-state index contributed by atoms with van der Waals surface area (Å²) in [5.74, 6) is 0.740. The van der Waals surface area contributed by atoms with Crippen LogP contribution in [0.2, 0.25) is 0 Å². The fraction of sp³-hybridized carbons (Fsp3) is 0.538. The maximum Gasteiger partial charge on any atom is 0.265 e. The molecular formula is C13H20N4OS. The number of anilines is 2. The van der Waals surface area contributed by atoms with Crippen LogP contribution in [0.4, 0.5) is 10.9 Å². The molecule has 0 aromatic carbocycles. The standard InChI is InChI=1S/C13H20N4OS/c1-17(2)13-16-11(14)10(19-13)12(18)15-8-9-6-4-3-5-7-9/h3-4,9H,5-8,14H2,1-2H3,(H,15,18). The molecule has 104 valence electrons. The van der Waals surface area contributed by atoms with Crippen molar-refractivity contribution in [2.24, 2.45) is 5.92 Å². The molecular weight excluding hydrogens is 260 g/mol. The van der Waals surface area contributed by atoms with Gasteiger partial charge in [0.15, 0.2) is 5.13 Å². The molecule has 0 aliphatic heterocycles. The summed E-state index contributed by atoms with van der Waals surface area (Å²) in [4.78, 5) is 18.6. The van der Waals surface area contributed by atoms with E-state index in [4.69, 9.17) is 5.73 Å². The van der Waals surface area contributed by atoms with Crippen LogP contribution in [0.15, 0.2) is 12.2 Å². The highest BCUT2D eigenvalue weighted by Gasteiger charge is 2.18. The fourth-order valence-corrected chi connectivity index (χ4v) is 2.86. The van der Waals surface area contributed by atoms with E-state index in [0.717, 1.165) is 24.4 Å². The third kappa shape index (κ3) is 3.47. The zero-order valence-electron chi connectivity index (χ0n) is 11.3. The van der Waals surface area contributed by atoms with Gasteiger partial charge >= 0.3 is 0 Å². The van der Waals surface area contributed by atoms with Crippen molar-refractivity contribution in [3.05, 3.63) is 17.0 Å². The van der Waals surface area contributed by atoms with Crippen molar-refractivity contribution in [1.29, 1.82) is 0 Å². The molecule has 1 aromatic heterocycles. The first-order valence-corrected chi connectivity index (χ1v) is 7.26. The summed E-state index contributed by atoms with van der Waals surface area (Å²) >= 11 is 1.33. The molecule has 3 N–H and O–H groups in total. The summed E-state index contributed by atoms with van der Waals surface area (Å²) in [6, 6.07) is 0. The molecule has 6 heteroatoms. The Morgan fingerprint density at radius 2 is 2.37 bits per heavy atom. The number of allylic oxidation sites excluding steroid dienone is 2. The van der Waals surface area contributed by atoms with Gasteiger partial charge in [0.2, 0.25) is 0 Å². The molecule has 5 nitrogen and oxygen atoms in total. The van der Waals surface area contributed by atoms with Crippen LogP contribution in [-0.2, 0) is 0 Å². The number of carbonyl (C=O) groups excluding carboxylic acids is 1. The predicted octanol–water partition coefficient (Wildman–Crippen LogP) is 1.88. The van der Waals surface area contributed by atoms with Crippen molar-refractivity contribution in [3.8, 4) is 0 Å². The Hall–Kier alpha value is -1.56. The topological polar surface area (TPSA) is 71.2 Å². The number of carbonyl (C=O) groups is 1. The molecule has 0 spiro atoms. The van der Waals surface area contributed by atoms with Crippen molar-refractivity contribution in [2.45, 2.75) is 19.3 Å². The van der Waals surface area contributed by atoms with E-state index < -0.39 is 0 Å². The maximum atomic E-state index is 12.1. The number of nitrogens with zero attached hydrogens (tertiary/aromatic N) is 2. The molecule has 0 radical (unpaired) electrons. The number of thiazole rings is 1. The van der Waals surface area contributed by atoms with E-state index in [9.17, 15) is 4.79 Å². The second-order valence-corrected chi connectivity index (χ2v) is 5.94. The van der Waals surface area contributed by atoms with Gasteiger partial charge in [-0.05, 0) is 25.2 Å². The molecule has 1 aromatic rings. The summed E-state index contributed by atoms with van der Waals surface area (Å²) in [6.07, 6.45) is 7.67. The van der Waals surface area contributed by atoms with E-state index in [1.165, 1.54) is 11.3 Å². The fourth-order valence-electron chi connectivity index (χ4n) is 2.03. The van der Waals surface area contributed by atoms with Gasteiger partial charge in [-0.2, -0.15) is 0 Å². The molecule has 0 bridgehead atoms. The Kier molecular flexibility index (Phi) is 4.42. The minimum absolute atomic E-state index is 0.113. The van der Waals surface area contributed by atoms with Crippen molar-refractivity contribution in [2.75, 3.05) is 31.3 Å². The number of hydrogen-bond donors (Lipinski definition) is 2. The lowest BCUT2D eigenvalue weighted by Crippen LogP contribution is -2.29. The molecule has 2 rings (SSSR count). The van der Waals surface area contributed by atoms with Crippen LogP contribution in [0.1, 0.15) is 28.9 Å². The van der Waals surface area contributed by atoms with Crippen LogP contribution >= 0.6 is 11.3 Å². The van der Waals surface area contributed by atoms with Crippen LogP contribution in [0.5, 0.6) is 0 Å². The molecule has 1 unspecified atom stereocenters. The highest BCUT2D eigenvalue weighted by molar-refractivity contribution is 7.18. The van der Waals surface area contributed by atoms with Crippen LogP contribution in [0.3, 0.4) is 0 Å². The molecule has 0 saturated heterocycles. The first-order valence-electron chi connectivity index (χ1n) is 6.44. The van der Waals surface area contributed by atoms with E-state index in [1.807, 2.05) is 19.0 Å². The number of nitrogen functional groups attached to an aromatic ring is 1. The number of rotatable bonds is 4. The molecule has 1 aliphatic rings. The zero-order chi connectivity index (χ0) is 13.8. The lowest BCUT2D eigenvalue weighted by Gasteiger charge is -2.17. The lowest BCUT2D eigenvalue weighted by molar-refractivity contribution is 0.0951. The Balaban J connectivity index is 1.94. The van der Waals surface area contributed by atoms with Crippen LogP contribution < -0.4 is 16.0 Å². The van der Waals surface area contributed by atoms with E-state index >= 15 is 0 Å². The van der Waals surface area contributed by atoms with Gasteiger partial charge in [0.1, 0.15) is 10.7 Å². The average Bonchev–Trinajstić information content (AvgIpc) is 2.80. The number of nitrogens with one attached hydrogen (secondary N) is 1. The van der Waals surface area contributed by atoms with E-state index in [-0.39, 0.29) is 5.91 Å². The molecule has 1 amide bonds. The van der Waals surface area contributed by atoms with Gasteiger partial charge in [0, 0.05) is 20.6 Å². The average molecular weight is 280 g/mol. The number of amides is 1. The smallest absolute Gasteiger partial charge is 0.265 e. The Bertz CT molecular complexity index is 481. The molecule has 1 aliphatic carbocycles. The highest BCUT2D eigenvalue weighted by Crippen LogP contribution is 2.26. The zero-order valence-corrected chi connectivity index (χ0v) is 12.2. The summed E-state index contributed by atoms with van der Waals surface area (Å²) in [5.41, 5.74) is 5.79. The van der Waals surface area contributed by atoms with Gasteiger partial charge in [-0.15, -0.1) is 0 Å². The SMILES string of the molecule is CN(C)c1nc(N)c(C(=O)NCC2CC=CCC2)s1. The second-order valence-electron chi connectivity index (χ2n) is 4.97. The van der Waals surface area contributed by atoms with Crippen LogP contribution in [-0.4, -0.2) is 31.5 Å². The van der Waals surface area contributed by atoms with Gasteiger partial charge in [0.25, 0.3) is 5.91 Å². The minimum Gasteiger partial charge on any atom is -0.382 e. The third-order valence-electron chi connectivity index (χ3n) is 3.16. The Labute approximate surface area is 117 Å². The molecule has 1 heterocycles. The van der Waals surface area contributed by atoms with Gasteiger partial charge in [-0.3, -0.25) is 4.79 Å². The largest absolute Gasteiger partial charge is 0.382 e. The van der Waals surface area contributed by atoms with E-state index in [1.54, 1.807) is 0 Å². The summed E-state index contributed by atoms with van der Waals surface area (Å²) < 4.78 is 0. The highest BCUT2D eigenvalue weighted by atomic mass is 32.1. The van der Waals surface area contributed by atoms with E-state index in [0.29, 0.717) is 23.2 Å². The number of nitrogens with two attached hydrogens (primary N) is 1. The monoisotopic (exact) mass is 280 g/mol. The van der Waals surface area contributed by atoms with Crippen molar-refractivity contribution in [1.82, 2.24) is 10.3 Å². The quantitative estimate of drug-likeness (QED) is 0.826. The third-order valence-corrected chi connectivity index (χ3v) is 4.40. The Morgan fingerprint density at radius 1 is 1.58 bits per heavy atom. The molecule has 1 atom stereocenters. The normalized spacial score (nSPS) is 18.3. The lowest BCUT2D eigenvalue weighted by atomic mass is 9.94. The second kappa shape index (κ2) is 6.06. The molecule has 0 fully saturated rings. The predicted molar refractivity (Wildman–Crippen MR) is 79.7 cm³/mol. The minimum atomic E-state index is -0.113. The number of aromatic nitrogens is 1. The van der Waals surface area contributed by atoms with Crippen LogP contribution in [0, 0.1) is 5.92 Å².